The molecule has 0 bridgehead atoms. The topological polar surface area (TPSA) is 74.6 Å². The molecule has 1 heterocycles. The van der Waals surface area contributed by atoms with E-state index in [1.807, 2.05) is 20.8 Å². The summed E-state index contributed by atoms with van der Waals surface area (Å²) in [5.41, 5.74) is -0.464. The van der Waals surface area contributed by atoms with E-state index < -0.39 is 0 Å². The van der Waals surface area contributed by atoms with Crippen LogP contribution in [0.25, 0.3) is 0 Å². The van der Waals surface area contributed by atoms with Gasteiger partial charge in [-0.05, 0) is 12.3 Å². The molecule has 0 amide bonds. The highest BCUT2D eigenvalue weighted by atomic mass is 16.1. The zero-order valence-electron chi connectivity index (χ0n) is 10.7. The predicted molar refractivity (Wildman–Crippen MR) is 67.4 cm³/mol. The lowest BCUT2D eigenvalue weighted by Gasteiger charge is -2.12. The van der Waals surface area contributed by atoms with E-state index in [1.54, 1.807) is 12.4 Å². The zero-order valence-corrected chi connectivity index (χ0v) is 10.7. The van der Waals surface area contributed by atoms with Gasteiger partial charge in [-0.2, -0.15) is 0 Å². The first-order chi connectivity index (χ1) is 7.97. The van der Waals surface area contributed by atoms with Gasteiger partial charge in [-0.3, -0.25) is 20.2 Å². The first-order valence-electron chi connectivity index (χ1n) is 5.91. The minimum atomic E-state index is -0.331. The van der Waals surface area contributed by atoms with Crippen LogP contribution < -0.4 is 11.0 Å². The van der Waals surface area contributed by atoms with Crippen LogP contribution in [0.5, 0.6) is 0 Å². The van der Waals surface area contributed by atoms with E-state index >= 15 is 0 Å². The van der Waals surface area contributed by atoms with Gasteiger partial charge in [0.25, 0.3) is 5.56 Å². The number of nitrogens with one attached hydrogen (secondary N) is 2. The van der Waals surface area contributed by atoms with Crippen LogP contribution in [0.2, 0.25) is 0 Å². The smallest absolute Gasteiger partial charge is 0.293 e. The van der Waals surface area contributed by atoms with E-state index in [9.17, 15) is 4.79 Å². The van der Waals surface area contributed by atoms with Crippen LogP contribution in [-0.4, -0.2) is 15.0 Å². The molecule has 0 unspecified atom stereocenters. The molecule has 5 nitrogen and oxygen atoms in total. The Labute approximate surface area is 101 Å². The third-order valence-corrected chi connectivity index (χ3v) is 2.44. The second kappa shape index (κ2) is 5.61. The first kappa shape index (κ1) is 13.4. The van der Waals surface area contributed by atoms with Crippen LogP contribution in [0.15, 0.2) is 17.2 Å². The highest BCUT2D eigenvalue weighted by Crippen LogP contribution is 1.95. The monoisotopic (exact) mass is 236 g/mol. The molecule has 1 aromatic rings. The fourth-order valence-corrected chi connectivity index (χ4v) is 1.65. The average molecular weight is 236 g/mol. The van der Waals surface area contributed by atoms with Crippen molar-refractivity contribution in [3.05, 3.63) is 28.2 Å². The van der Waals surface area contributed by atoms with Crippen LogP contribution in [0.4, 0.5) is 0 Å². The Morgan fingerprint density at radius 1 is 1.41 bits per heavy atom. The number of hydrogen-bond donors (Lipinski definition) is 2. The van der Waals surface area contributed by atoms with Gasteiger partial charge in [0.2, 0.25) is 0 Å². The molecule has 0 radical (unpaired) electrons. The van der Waals surface area contributed by atoms with Gasteiger partial charge < -0.3 is 4.57 Å². The standard InChI is InChI=1S/C12H20N4O/c1-4-5-10(13)16-7-6-15(8-9(2)3)12(17)11(16)14/h6-7,9,13-14H,4-5,8H2,1-3H3. The van der Waals surface area contributed by atoms with Gasteiger partial charge >= 0.3 is 0 Å². The minimum absolute atomic E-state index is 0.133. The molecule has 0 saturated carbocycles. The fraction of sp³-hybridized carbons (Fsp3) is 0.583. The molecular weight excluding hydrogens is 216 g/mol. The van der Waals surface area contributed by atoms with E-state index in [-0.39, 0.29) is 11.0 Å². The fourth-order valence-electron chi connectivity index (χ4n) is 1.65. The third kappa shape index (κ3) is 3.15. The molecule has 0 aliphatic carbocycles. The van der Waals surface area contributed by atoms with Crippen molar-refractivity contribution < 1.29 is 0 Å². The Morgan fingerprint density at radius 3 is 2.59 bits per heavy atom. The molecular formula is C12H20N4O. The first-order valence-corrected chi connectivity index (χ1v) is 5.91. The Balaban J connectivity index is 3.16. The maximum absolute atomic E-state index is 11.9. The van der Waals surface area contributed by atoms with Gasteiger partial charge in [-0.25, -0.2) is 0 Å². The third-order valence-electron chi connectivity index (χ3n) is 2.44. The maximum Gasteiger partial charge on any atom is 0.293 e. The molecule has 0 atom stereocenters. The largest absolute Gasteiger partial charge is 0.311 e. The van der Waals surface area contributed by atoms with E-state index in [1.165, 1.54) is 9.13 Å². The van der Waals surface area contributed by atoms with Crippen LogP contribution in [0.3, 0.4) is 0 Å². The summed E-state index contributed by atoms with van der Waals surface area (Å²) >= 11 is 0. The summed E-state index contributed by atoms with van der Waals surface area (Å²) in [4.78, 5) is 11.9. The highest BCUT2D eigenvalue weighted by molar-refractivity contribution is 5.80. The second-order valence-electron chi connectivity index (χ2n) is 4.56. The van der Waals surface area contributed by atoms with E-state index in [0.717, 1.165) is 6.42 Å². The quantitative estimate of drug-likeness (QED) is 0.602. The van der Waals surface area contributed by atoms with Crippen molar-refractivity contribution in [2.45, 2.75) is 40.2 Å². The van der Waals surface area contributed by atoms with E-state index in [2.05, 4.69) is 0 Å². The van der Waals surface area contributed by atoms with Gasteiger partial charge in [0, 0.05) is 25.4 Å². The molecule has 0 aliphatic heterocycles. The lowest BCUT2D eigenvalue weighted by Crippen LogP contribution is -2.43. The molecule has 0 fully saturated rings. The Bertz CT molecular complexity index is 510. The molecule has 0 aliphatic rings. The summed E-state index contributed by atoms with van der Waals surface area (Å²) in [6.45, 7) is 6.62. The van der Waals surface area contributed by atoms with Crippen LogP contribution in [0.1, 0.15) is 33.6 Å². The van der Waals surface area contributed by atoms with Crippen molar-refractivity contribution in [1.82, 2.24) is 9.13 Å². The summed E-state index contributed by atoms with van der Waals surface area (Å²) in [7, 11) is 0. The number of rotatable bonds is 4. The van der Waals surface area contributed by atoms with Gasteiger partial charge in [-0.15, -0.1) is 0 Å². The van der Waals surface area contributed by atoms with Crippen molar-refractivity contribution in [3.8, 4) is 0 Å². The van der Waals surface area contributed by atoms with Crippen molar-refractivity contribution >= 4 is 5.84 Å². The molecule has 0 spiro atoms. The van der Waals surface area contributed by atoms with Crippen molar-refractivity contribution in [1.29, 1.82) is 10.8 Å². The van der Waals surface area contributed by atoms with E-state index in [0.29, 0.717) is 24.7 Å². The number of hydrogen-bond acceptors (Lipinski definition) is 3. The maximum atomic E-state index is 11.9. The van der Waals surface area contributed by atoms with Gasteiger partial charge in [0.1, 0.15) is 5.84 Å². The number of aromatic nitrogens is 2. The van der Waals surface area contributed by atoms with Crippen LogP contribution in [0, 0.1) is 16.7 Å². The lowest BCUT2D eigenvalue weighted by atomic mass is 10.2. The van der Waals surface area contributed by atoms with Crippen LogP contribution >= 0.6 is 0 Å². The summed E-state index contributed by atoms with van der Waals surface area (Å²) < 4.78 is 2.88. The molecule has 0 aromatic carbocycles. The van der Waals surface area contributed by atoms with Crippen molar-refractivity contribution in [2.75, 3.05) is 0 Å². The Morgan fingerprint density at radius 2 is 2.06 bits per heavy atom. The minimum Gasteiger partial charge on any atom is -0.311 e. The lowest BCUT2D eigenvalue weighted by molar-refractivity contribution is 0.502. The molecule has 0 saturated heterocycles. The molecule has 1 aromatic heterocycles. The highest BCUT2D eigenvalue weighted by Gasteiger charge is 2.06. The van der Waals surface area contributed by atoms with Crippen molar-refractivity contribution in [2.24, 2.45) is 5.92 Å². The number of nitrogens with zero attached hydrogens (tertiary/aromatic N) is 2. The van der Waals surface area contributed by atoms with Gasteiger partial charge in [-0.1, -0.05) is 20.8 Å². The summed E-state index contributed by atoms with van der Waals surface area (Å²) in [6.07, 6.45) is 4.69. The van der Waals surface area contributed by atoms with E-state index in [4.69, 9.17) is 10.8 Å². The zero-order chi connectivity index (χ0) is 13.0. The normalized spacial score (nSPS) is 10.8. The summed E-state index contributed by atoms with van der Waals surface area (Å²) in [5, 5.41) is 15.6. The second-order valence-corrected chi connectivity index (χ2v) is 4.56. The molecule has 17 heavy (non-hydrogen) atoms. The van der Waals surface area contributed by atoms with Crippen molar-refractivity contribution in [3.63, 3.8) is 0 Å². The summed E-state index contributed by atoms with van der Waals surface area (Å²) in [5.74, 6) is 0.657. The molecule has 2 N–H and O–H groups in total. The Hall–Kier alpha value is -1.65. The SMILES string of the molecule is CCCC(=N)n1ccn(CC(C)C)c(=O)c1=N. The molecule has 5 heteroatoms. The van der Waals surface area contributed by atoms with Gasteiger partial charge in [0.05, 0.1) is 0 Å². The Kier molecular flexibility index (Phi) is 4.43. The predicted octanol–water partition coefficient (Wildman–Crippen LogP) is 1.41. The van der Waals surface area contributed by atoms with Crippen LogP contribution in [-0.2, 0) is 6.54 Å². The molecule has 1 rings (SSSR count). The molecule has 94 valence electrons. The average Bonchev–Trinajstić information content (AvgIpc) is 2.24. The van der Waals surface area contributed by atoms with Gasteiger partial charge in [0.15, 0.2) is 5.49 Å². The summed E-state index contributed by atoms with van der Waals surface area (Å²) in [6, 6.07) is 0.